The monoisotopic (exact) mass is 363 g/mol. The lowest BCUT2D eigenvalue weighted by molar-refractivity contribution is 0.101. The number of alkyl halides is 2. The van der Waals surface area contributed by atoms with Gasteiger partial charge in [-0.2, -0.15) is 5.10 Å². The van der Waals surface area contributed by atoms with Crippen LogP contribution in [0.15, 0.2) is 18.3 Å². The number of benzene rings is 1. The summed E-state index contributed by atoms with van der Waals surface area (Å²) in [5.74, 6) is 0.411. The van der Waals surface area contributed by atoms with Crippen LogP contribution in [0.25, 0.3) is 0 Å². The molecule has 1 aromatic carbocycles. The first-order valence-electron chi connectivity index (χ1n) is 8.50. The first kappa shape index (κ1) is 18.4. The van der Waals surface area contributed by atoms with Crippen LogP contribution in [-0.4, -0.2) is 22.8 Å². The van der Waals surface area contributed by atoms with Gasteiger partial charge in [0.05, 0.1) is 12.7 Å². The fraction of sp³-hybridized carbons (Fsp3) is 0.474. The zero-order valence-corrected chi connectivity index (χ0v) is 15.6. The number of aryl methyl sites for hydroxylation is 1. The molecule has 3 rings (SSSR count). The lowest BCUT2D eigenvalue weighted by Crippen LogP contribution is -2.16. The highest BCUT2D eigenvalue weighted by molar-refractivity contribution is 6.05. The minimum atomic E-state index is -2.81. The number of carbonyl (C=O) groups is 1. The molecule has 5 nitrogen and oxygen atoms in total. The highest BCUT2D eigenvalue weighted by atomic mass is 19.3. The van der Waals surface area contributed by atoms with Crippen LogP contribution >= 0.6 is 0 Å². The molecule has 1 aliphatic rings. The largest absolute Gasteiger partial charge is 0.496 e. The molecule has 0 bridgehead atoms. The van der Waals surface area contributed by atoms with E-state index in [0.29, 0.717) is 5.69 Å². The van der Waals surface area contributed by atoms with Crippen molar-refractivity contribution in [1.29, 1.82) is 0 Å². The van der Waals surface area contributed by atoms with E-state index in [2.05, 4.69) is 31.2 Å². The number of methoxy groups -OCH3 is 1. The molecule has 0 spiro atoms. The van der Waals surface area contributed by atoms with E-state index in [-0.39, 0.29) is 16.9 Å². The first-order chi connectivity index (χ1) is 12.2. The topological polar surface area (TPSA) is 56.1 Å². The van der Waals surface area contributed by atoms with Gasteiger partial charge in [0.25, 0.3) is 12.3 Å². The Bertz CT molecular complexity index is 859. The van der Waals surface area contributed by atoms with Gasteiger partial charge in [-0.1, -0.05) is 20.8 Å². The first-order valence-corrected chi connectivity index (χ1v) is 8.50. The number of nitrogens with zero attached hydrogens (tertiary/aromatic N) is 2. The van der Waals surface area contributed by atoms with Gasteiger partial charge in [0.15, 0.2) is 0 Å². The molecule has 0 saturated heterocycles. The van der Waals surface area contributed by atoms with E-state index < -0.39 is 18.0 Å². The summed E-state index contributed by atoms with van der Waals surface area (Å²) in [6.45, 7) is 6.37. The van der Waals surface area contributed by atoms with Crippen LogP contribution in [0.1, 0.15) is 66.7 Å². The Morgan fingerprint density at radius 3 is 2.73 bits per heavy atom. The van der Waals surface area contributed by atoms with Crippen LogP contribution in [0, 0.1) is 0 Å². The molecular weight excluding hydrogens is 340 g/mol. The number of amides is 1. The maximum atomic E-state index is 13.1. The highest BCUT2D eigenvalue weighted by Crippen LogP contribution is 2.52. The predicted molar refractivity (Wildman–Crippen MR) is 95.2 cm³/mol. The molecule has 1 aromatic heterocycles. The van der Waals surface area contributed by atoms with E-state index in [1.807, 2.05) is 6.07 Å². The molecule has 1 N–H and O–H groups in total. The zero-order chi connectivity index (χ0) is 19.2. The van der Waals surface area contributed by atoms with Crippen molar-refractivity contribution in [3.63, 3.8) is 0 Å². The van der Waals surface area contributed by atoms with Crippen molar-refractivity contribution < 1.29 is 18.3 Å². The second kappa shape index (κ2) is 6.37. The molecule has 140 valence electrons. The molecule has 1 aliphatic carbocycles. The van der Waals surface area contributed by atoms with Crippen LogP contribution in [0.3, 0.4) is 0 Å². The number of fused-ring (bicyclic) bond motifs is 1. The average Bonchev–Trinajstić information content (AvgIpc) is 3.06. The van der Waals surface area contributed by atoms with Crippen molar-refractivity contribution in [2.24, 2.45) is 7.05 Å². The molecule has 0 saturated carbocycles. The van der Waals surface area contributed by atoms with Gasteiger partial charge in [-0.25, -0.2) is 8.78 Å². The molecule has 1 atom stereocenters. The Kier molecular flexibility index (Phi) is 4.50. The number of hydrogen-bond acceptors (Lipinski definition) is 3. The third-order valence-corrected chi connectivity index (χ3v) is 4.97. The Labute approximate surface area is 151 Å². The lowest BCUT2D eigenvalue weighted by atomic mass is 9.85. The normalized spacial score (nSPS) is 18.1. The summed E-state index contributed by atoms with van der Waals surface area (Å²) in [5.41, 5.74) is 1.98. The van der Waals surface area contributed by atoms with E-state index in [9.17, 15) is 13.6 Å². The van der Waals surface area contributed by atoms with Gasteiger partial charge in [0, 0.05) is 24.5 Å². The third-order valence-electron chi connectivity index (χ3n) is 4.97. The van der Waals surface area contributed by atoms with Gasteiger partial charge in [0.1, 0.15) is 11.4 Å². The quantitative estimate of drug-likeness (QED) is 0.876. The number of aromatic nitrogens is 2. The summed E-state index contributed by atoms with van der Waals surface area (Å²) in [6, 6.07) is 3.58. The van der Waals surface area contributed by atoms with Gasteiger partial charge in [-0.3, -0.25) is 9.48 Å². The van der Waals surface area contributed by atoms with E-state index in [0.717, 1.165) is 23.3 Å². The SMILES string of the molecule is COc1ccc(NC(=O)c2cn(C)nc2C(F)F)c2c1C(C)(C)CC2C. The molecule has 7 heteroatoms. The molecule has 0 radical (unpaired) electrons. The van der Waals surface area contributed by atoms with Crippen LogP contribution in [0.5, 0.6) is 5.75 Å². The van der Waals surface area contributed by atoms with Crippen molar-refractivity contribution in [1.82, 2.24) is 9.78 Å². The number of rotatable bonds is 4. The highest BCUT2D eigenvalue weighted by Gasteiger charge is 2.39. The summed E-state index contributed by atoms with van der Waals surface area (Å²) >= 11 is 0. The number of carbonyl (C=O) groups excluding carboxylic acids is 1. The summed E-state index contributed by atoms with van der Waals surface area (Å²) in [7, 11) is 3.13. The minimum absolute atomic E-state index is 0.0940. The Morgan fingerprint density at radius 2 is 2.12 bits per heavy atom. The standard InChI is InChI=1S/C19H23F2N3O2/c1-10-8-19(2,3)15-13(26-5)7-6-12(14(10)15)22-18(25)11-9-24(4)23-16(11)17(20)21/h6-7,9-10,17H,8H2,1-5H3,(H,22,25). The van der Waals surface area contributed by atoms with E-state index in [1.165, 1.54) is 17.9 Å². The smallest absolute Gasteiger partial charge is 0.282 e. The van der Waals surface area contributed by atoms with Crippen molar-refractivity contribution in [3.05, 3.63) is 40.7 Å². The van der Waals surface area contributed by atoms with E-state index in [4.69, 9.17) is 4.74 Å². The second-order valence-electron chi connectivity index (χ2n) is 7.45. The molecule has 1 unspecified atom stereocenters. The van der Waals surface area contributed by atoms with Crippen molar-refractivity contribution in [3.8, 4) is 5.75 Å². The summed E-state index contributed by atoms with van der Waals surface area (Å²) in [5, 5.41) is 6.50. The molecule has 2 aromatic rings. The summed E-state index contributed by atoms with van der Waals surface area (Å²) in [6.07, 6.45) is -0.578. The van der Waals surface area contributed by atoms with E-state index >= 15 is 0 Å². The van der Waals surface area contributed by atoms with Gasteiger partial charge < -0.3 is 10.1 Å². The molecular formula is C19H23F2N3O2. The summed E-state index contributed by atoms with van der Waals surface area (Å²) < 4.78 is 33.0. The number of hydrogen-bond donors (Lipinski definition) is 1. The Balaban J connectivity index is 2.02. The number of nitrogens with one attached hydrogen (secondary N) is 1. The minimum Gasteiger partial charge on any atom is -0.496 e. The Morgan fingerprint density at radius 1 is 1.42 bits per heavy atom. The fourth-order valence-corrected chi connectivity index (χ4v) is 4.09. The number of halogens is 2. The van der Waals surface area contributed by atoms with Gasteiger partial charge in [-0.15, -0.1) is 0 Å². The Hall–Kier alpha value is -2.44. The maximum Gasteiger partial charge on any atom is 0.282 e. The average molecular weight is 363 g/mol. The zero-order valence-electron chi connectivity index (χ0n) is 15.6. The van der Waals surface area contributed by atoms with Gasteiger partial charge >= 0.3 is 0 Å². The predicted octanol–water partition coefficient (Wildman–Crippen LogP) is 4.40. The molecule has 0 fully saturated rings. The number of anilines is 1. The van der Waals surface area contributed by atoms with Crippen LogP contribution in [0.2, 0.25) is 0 Å². The van der Waals surface area contributed by atoms with E-state index in [1.54, 1.807) is 13.2 Å². The van der Waals surface area contributed by atoms with Crippen molar-refractivity contribution in [2.45, 2.75) is 45.0 Å². The summed E-state index contributed by atoms with van der Waals surface area (Å²) in [4.78, 5) is 12.6. The molecule has 1 heterocycles. The van der Waals surface area contributed by atoms with Crippen LogP contribution < -0.4 is 10.1 Å². The molecule has 1 amide bonds. The number of ether oxygens (including phenoxy) is 1. The molecule has 0 aliphatic heterocycles. The van der Waals surface area contributed by atoms with Crippen molar-refractivity contribution >= 4 is 11.6 Å². The third kappa shape index (κ3) is 2.95. The van der Waals surface area contributed by atoms with Crippen LogP contribution in [0.4, 0.5) is 14.5 Å². The lowest BCUT2D eigenvalue weighted by Gasteiger charge is -2.22. The maximum absolute atomic E-state index is 13.1. The second-order valence-corrected chi connectivity index (χ2v) is 7.45. The van der Waals surface area contributed by atoms with Gasteiger partial charge in [0.2, 0.25) is 0 Å². The van der Waals surface area contributed by atoms with Crippen molar-refractivity contribution in [2.75, 3.05) is 12.4 Å². The van der Waals surface area contributed by atoms with Crippen LogP contribution in [-0.2, 0) is 12.5 Å². The molecule has 26 heavy (non-hydrogen) atoms. The van der Waals surface area contributed by atoms with Gasteiger partial charge in [-0.05, 0) is 35.4 Å². The fourth-order valence-electron chi connectivity index (χ4n) is 4.09.